The van der Waals surface area contributed by atoms with Crippen molar-refractivity contribution in [3.8, 4) is 22.9 Å². The number of ether oxygens (including phenoxy) is 2. The summed E-state index contributed by atoms with van der Waals surface area (Å²) in [6.45, 7) is 2.01. The molecule has 1 heterocycles. The molecule has 3 rings (SSSR count). The van der Waals surface area contributed by atoms with E-state index in [-0.39, 0.29) is 0 Å². The van der Waals surface area contributed by atoms with Crippen LogP contribution in [0.25, 0.3) is 22.4 Å². The van der Waals surface area contributed by atoms with Crippen LogP contribution >= 0.6 is 11.6 Å². The van der Waals surface area contributed by atoms with Gasteiger partial charge in [-0.05, 0) is 30.7 Å². The van der Waals surface area contributed by atoms with Crippen LogP contribution in [0.1, 0.15) is 5.56 Å². The van der Waals surface area contributed by atoms with E-state index >= 15 is 0 Å². The summed E-state index contributed by atoms with van der Waals surface area (Å²) in [4.78, 5) is 7.93. The van der Waals surface area contributed by atoms with E-state index < -0.39 is 0 Å². The largest absolute Gasteiger partial charge is 0.493 e. The van der Waals surface area contributed by atoms with Gasteiger partial charge in [0.15, 0.2) is 11.5 Å². The molecule has 0 unspecified atom stereocenters. The molecule has 0 saturated carbocycles. The Labute approximate surface area is 127 Å². The molecule has 0 spiro atoms. The highest BCUT2D eigenvalue weighted by Gasteiger charge is 2.12. The number of methoxy groups -OCH3 is 2. The van der Waals surface area contributed by atoms with Gasteiger partial charge < -0.3 is 14.5 Å². The summed E-state index contributed by atoms with van der Waals surface area (Å²) in [5, 5.41) is 0.718. The maximum absolute atomic E-state index is 6.00. The topological polar surface area (TPSA) is 47.1 Å². The average molecular weight is 303 g/mol. The molecule has 0 aliphatic heterocycles. The summed E-state index contributed by atoms with van der Waals surface area (Å²) < 4.78 is 10.6. The Bertz CT molecular complexity index is 770. The van der Waals surface area contributed by atoms with Crippen molar-refractivity contribution < 1.29 is 9.47 Å². The van der Waals surface area contributed by atoms with Crippen molar-refractivity contribution in [2.75, 3.05) is 14.2 Å². The van der Waals surface area contributed by atoms with Gasteiger partial charge in [-0.2, -0.15) is 0 Å². The molecule has 5 heteroatoms. The quantitative estimate of drug-likeness (QED) is 0.788. The Morgan fingerprint density at radius 2 is 1.76 bits per heavy atom. The van der Waals surface area contributed by atoms with Crippen LogP contribution in [0, 0.1) is 6.92 Å². The van der Waals surface area contributed by atoms with E-state index in [0.717, 1.165) is 33.0 Å². The predicted molar refractivity (Wildman–Crippen MR) is 84.4 cm³/mol. The highest BCUT2D eigenvalue weighted by molar-refractivity contribution is 6.30. The minimum absolute atomic E-state index is 0.663. The first-order chi connectivity index (χ1) is 10.1. The van der Waals surface area contributed by atoms with Crippen LogP contribution in [0.5, 0.6) is 11.5 Å². The number of nitrogens with one attached hydrogen (secondary N) is 1. The second-order valence-electron chi connectivity index (χ2n) is 4.77. The van der Waals surface area contributed by atoms with E-state index in [2.05, 4.69) is 9.97 Å². The second kappa shape index (κ2) is 5.30. The summed E-state index contributed by atoms with van der Waals surface area (Å²) >= 11 is 6.00. The zero-order chi connectivity index (χ0) is 15.0. The van der Waals surface area contributed by atoms with Gasteiger partial charge in [0.2, 0.25) is 0 Å². The zero-order valence-corrected chi connectivity index (χ0v) is 12.8. The summed E-state index contributed by atoms with van der Waals surface area (Å²) in [6, 6.07) is 9.49. The maximum Gasteiger partial charge on any atom is 0.163 e. The van der Waals surface area contributed by atoms with Gasteiger partial charge in [-0.1, -0.05) is 11.6 Å². The lowest BCUT2D eigenvalue weighted by Gasteiger charge is -2.06. The summed E-state index contributed by atoms with van der Waals surface area (Å²) in [5.41, 5.74) is 3.82. The number of rotatable bonds is 3. The lowest BCUT2D eigenvalue weighted by atomic mass is 10.1. The van der Waals surface area contributed by atoms with Crippen LogP contribution in [-0.4, -0.2) is 24.2 Å². The van der Waals surface area contributed by atoms with Crippen LogP contribution in [0.2, 0.25) is 5.02 Å². The number of hydrogen-bond donors (Lipinski definition) is 1. The standard InChI is InChI=1S/C16H15ClN2O2/c1-9-6-10(17)4-5-11(9)16-18-12-7-14(20-2)15(21-3)8-13(12)19-16/h4-8H,1-3H3,(H,18,19). The molecule has 0 aliphatic carbocycles. The second-order valence-corrected chi connectivity index (χ2v) is 5.21. The number of benzene rings is 2. The number of halogens is 1. The molecule has 0 bridgehead atoms. The Morgan fingerprint density at radius 1 is 1.05 bits per heavy atom. The minimum atomic E-state index is 0.663. The van der Waals surface area contributed by atoms with Crippen LogP contribution in [0.4, 0.5) is 0 Å². The first-order valence-corrected chi connectivity index (χ1v) is 6.88. The number of hydrogen-bond acceptors (Lipinski definition) is 3. The van der Waals surface area contributed by atoms with Gasteiger partial charge in [0, 0.05) is 22.7 Å². The number of fused-ring (bicyclic) bond motifs is 1. The van der Waals surface area contributed by atoms with Crippen molar-refractivity contribution in [1.29, 1.82) is 0 Å². The summed E-state index contributed by atoms with van der Waals surface area (Å²) in [6.07, 6.45) is 0. The molecule has 0 amide bonds. The number of aryl methyl sites for hydroxylation is 1. The number of aromatic nitrogens is 2. The van der Waals surface area contributed by atoms with Gasteiger partial charge in [-0.25, -0.2) is 4.98 Å². The highest BCUT2D eigenvalue weighted by atomic mass is 35.5. The summed E-state index contributed by atoms with van der Waals surface area (Å²) in [7, 11) is 3.23. The molecule has 3 aromatic rings. The molecule has 0 aliphatic rings. The fourth-order valence-electron chi connectivity index (χ4n) is 2.36. The van der Waals surface area contributed by atoms with Crippen LogP contribution in [0.15, 0.2) is 30.3 Å². The zero-order valence-electron chi connectivity index (χ0n) is 12.0. The van der Waals surface area contributed by atoms with Crippen molar-refractivity contribution >= 4 is 22.6 Å². The molecule has 0 saturated heterocycles. The Kier molecular flexibility index (Phi) is 3.47. The van der Waals surface area contributed by atoms with E-state index in [1.807, 2.05) is 37.3 Å². The maximum atomic E-state index is 6.00. The third-order valence-corrected chi connectivity index (χ3v) is 3.67. The molecular formula is C16H15ClN2O2. The molecule has 0 radical (unpaired) electrons. The predicted octanol–water partition coefficient (Wildman–Crippen LogP) is 4.21. The van der Waals surface area contributed by atoms with Crippen molar-refractivity contribution in [3.63, 3.8) is 0 Å². The monoisotopic (exact) mass is 302 g/mol. The molecule has 0 fully saturated rings. The fraction of sp³-hybridized carbons (Fsp3) is 0.188. The third-order valence-electron chi connectivity index (χ3n) is 3.43. The molecule has 21 heavy (non-hydrogen) atoms. The van der Waals surface area contributed by atoms with E-state index in [0.29, 0.717) is 11.5 Å². The molecule has 0 atom stereocenters. The van der Waals surface area contributed by atoms with Gasteiger partial charge in [0.05, 0.1) is 25.3 Å². The van der Waals surface area contributed by atoms with Gasteiger partial charge in [0.1, 0.15) is 5.82 Å². The highest BCUT2D eigenvalue weighted by Crippen LogP contribution is 2.33. The van der Waals surface area contributed by atoms with Crippen molar-refractivity contribution in [3.05, 3.63) is 40.9 Å². The van der Waals surface area contributed by atoms with Crippen molar-refractivity contribution in [2.24, 2.45) is 0 Å². The third kappa shape index (κ3) is 2.43. The smallest absolute Gasteiger partial charge is 0.163 e. The van der Waals surface area contributed by atoms with Crippen LogP contribution < -0.4 is 9.47 Å². The van der Waals surface area contributed by atoms with E-state index in [9.17, 15) is 0 Å². The molecule has 1 aromatic heterocycles. The molecule has 108 valence electrons. The van der Waals surface area contributed by atoms with E-state index in [1.165, 1.54) is 0 Å². The number of nitrogens with zero attached hydrogens (tertiary/aromatic N) is 1. The van der Waals surface area contributed by atoms with Crippen LogP contribution in [-0.2, 0) is 0 Å². The van der Waals surface area contributed by atoms with E-state index in [4.69, 9.17) is 21.1 Å². The van der Waals surface area contributed by atoms with Crippen molar-refractivity contribution in [2.45, 2.75) is 6.92 Å². The number of aromatic amines is 1. The minimum Gasteiger partial charge on any atom is -0.493 e. The molecule has 2 aromatic carbocycles. The Balaban J connectivity index is 2.16. The van der Waals surface area contributed by atoms with Gasteiger partial charge in [-0.15, -0.1) is 0 Å². The molecule has 1 N–H and O–H groups in total. The molecule has 4 nitrogen and oxygen atoms in total. The SMILES string of the molecule is COc1cc2nc(-c3ccc(Cl)cc3C)[nH]c2cc1OC. The number of H-pyrrole nitrogens is 1. The average Bonchev–Trinajstić information content (AvgIpc) is 2.87. The lowest BCUT2D eigenvalue weighted by molar-refractivity contribution is 0.356. The van der Waals surface area contributed by atoms with E-state index in [1.54, 1.807) is 14.2 Å². The normalized spacial score (nSPS) is 10.9. The van der Waals surface area contributed by atoms with Crippen molar-refractivity contribution in [1.82, 2.24) is 9.97 Å². The molecular weight excluding hydrogens is 288 g/mol. The lowest BCUT2D eigenvalue weighted by Crippen LogP contribution is -1.89. The first-order valence-electron chi connectivity index (χ1n) is 6.50. The van der Waals surface area contributed by atoms with Crippen LogP contribution in [0.3, 0.4) is 0 Å². The van der Waals surface area contributed by atoms with Gasteiger partial charge >= 0.3 is 0 Å². The first kappa shape index (κ1) is 13.8. The van der Waals surface area contributed by atoms with Gasteiger partial charge in [0.25, 0.3) is 0 Å². The van der Waals surface area contributed by atoms with Gasteiger partial charge in [-0.3, -0.25) is 0 Å². The Morgan fingerprint density at radius 3 is 2.43 bits per heavy atom. The Hall–Kier alpha value is -2.20. The fourth-order valence-corrected chi connectivity index (χ4v) is 2.58. The number of imidazole rings is 1. The summed E-state index contributed by atoms with van der Waals surface area (Å²) in [5.74, 6) is 2.14.